The second-order valence-corrected chi connectivity index (χ2v) is 6.79. The molecule has 5 heteroatoms. The van der Waals surface area contributed by atoms with Gasteiger partial charge < -0.3 is 20.1 Å². The van der Waals surface area contributed by atoms with E-state index in [9.17, 15) is 15.3 Å². The minimum atomic E-state index is -0.940. The number of halogens is 1. The molecule has 4 nitrogen and oxygen atoms in total. The van der Waals surface area contributed by atoms with Crippen molar-refractivity contribution in [2.75, 3.05) is 4.61 Å². The molecule has 0 unspecified atom stereocenters. The highest BCUT2D eigenvalue weighted by Gasteiger charge is 2.68. The molecule has 0 aromatic carbocycles. The minimum absolute atomic E-state index is 0.384. The van der Waals surface area contributed by atoms with Crippen LogP contribution in [0.4, 0.5) is 0 Å². The van der Waals surface area contributed by atoms with Gasteiger partial charge in [-0.1, -0.05) is 22.6 Å². The molecule has 4 bridgehead atoms. The first-order chi connectivity index (χ1) is 7.30. The van der Waals surface area contributed by atoms with Crippen LogP contribution in [0.15, 0.2) is 0 Å². The first-order valence-electron chi connectivity index (χ1n) is 5.67. The highest BCUT2D eigenvalue weighted by Crippen LogP contribution is 2.62. The van der Waals surface area contributed by atoms with Crippen molar-refractivity contribution in [1.82, 2.24) is 0 Å². The maximum absolute atomic E-state index is 10.4. The van der Waals surface area contributed by atoms with Gasteiger partial charge in [0.05, 0.1) is 27.0 Å². The molecule has 0 atom stereocenters. The van der Waals surface area contributed by atoms with Gasteiger partial charge in [-0.15, -0.1) is 0 Å². The maximum atomic E-state index is 10.4. The predicted molar refractivity (Wildman–Crippen MR) is 65.3 cm³/mol. The molecule has 0 aromatic heterocycles. The van der Waals surface area contributed by atoms with Crippen molar-refractivity contribution >= 4 is 22.6 Å². The van der Waals surface area contributed by atoms with Crippen molar-refractivity contribution < 1.29 is 20.1 Å². The zero-order valence-electron chi connectivity index (χ0n) is 9.08. The van der Waals surface area contributed by atoms with E-state index >= 15 is 0 Å². The Labute approximate surface area is 108 Å². The highest BCUT2D eigenvalue weighted by atomic mass is 127. The van der Waals surface area contributed by atoms with Crippen molar-refractivity contribution in [3.63, 3.8) is 0 Å². The third-order valence-electron chi connectivity index (χ3n) is 4.29. The number of aliphatic hydroxyl groups is 3. The summed E-state index contributed by atoms with van der Waals surface area (Å²) < 4.78 is 6.27. The molecule has 4 aliphatic carbocycles. The van der Waals surface area contributed by atoms with Crippen molar-refractivity contribution in [3.8, 4) is 0 Å². The minimum Gasteiger partial charge on any atom is -0.390 e. The molecule has 0 saturated heterocycles. The van der Waals surface area contributed by atoms with Crippen molar-refractivity contribution in [1.29, 1.82) is 0 Å². The summed E-state index contributed by atoms with van der Waals surface area (Å²) in [6.07, 6.45) is 2.80. The van der Waals surface area contributed by atoms with Gasteiger partial charge in [0, 0.05) is 38.5 Å². The third-order valence-corrected chi connectivity index (χ3v) is 4.60. The Morgan fingerprint density at radius 3 is 1.50 bits per heavy atom. The molecular weight excluding hydrogens is 323 g/mol. The van der Waals surface area contributed by atoms with Crippen molar-refractivity contribution in [2.24, 2.45) is 0 Å². The maximum Gasteiger partial charge on any atom is 0.0986 e. The summed E-state index contributed by atoms with van der Waals surface area (Å²) in [5.41, 5.74) is -3.34. The van der Waals surface area contributed by atoms with Gasteiger partial charge in [-0.05, 0) is 0 Å². The Kier molecular flexibility index (Phi) is 2.27. The molecule has 4 rings (SSSR count). The fourth-order valence-electron chi connectivity index (χ4n) is 4.66. The largest absolute Gasteiger partial charge is 0.390 e. The molecule has 0 spiro atoms. The molecule has 0 amide bonds. The Morgan fingerprint density at radius 2 is 1.19 bits per heavy atom. The number of alkyl halides is 1. The van der Waals surface area contributed by atoms with E-state index in [1.54, 1.807) is 0 Å². The van der Waals surface area contributed by atoms with Gasteiger partial charge in [-0.3, -0.25) is 0 Å². The van der Waals surface area contributed by atoms with Gasteiger partial charge in [-0.25, -0.2) is 0 Å². The summed E-state index contributed by atoms with van der Waals surface area (Å²) in [5, 5.41) is 31.3. The number of hydrogen-bond acceptors (Lipinski definition) is 4. The number of hydrogen-bond donors (Lipinski definition) is 3. The first kappa shape index (κ1) is 11.6. The molecular formula is C11H17IO4. The number of rotatable bonds is 2. The highest BCUT2D eigenvalue weighted by molar-refractivity contribution is 14.1. The van der Waals surface area contributed by atoms with Crippen LogP contribution in [0, 0.1) is 0 Å². The summed E-state index contributed by atoms with van der Waals surface area (Å²) in [4.78, 5) is 0. The van der Waals surface area contributed by atoms with Crippen LogP contribution in [0.1, 0.15) is 38.5 Å². The smallest absolute Gasteiger partial charge is 0.0986 e. The van der Waals surface area contributed by atoms with Crippen LogP contribution in [0.2, 0.25) is 0 Å². The van der Waals surface area contributed by atoms with Gasteiger partial charge in [0.15, 0.2) is 0 Å². The topological polar surface area (TPSA) is 69.9 Å². The molecule has 0 aliphatic heterocycles. The Hall–Kier alpha value is 0.570. The third kappa shape index (κ3) is 1.63. The average molecular weight is 340 g/mol. The SMILES string of the molecule is OC12CC3(O)CC(O)(C1)CC(OCI)(C2)C3. The Bertz CT molecular complexity index is 278. The van der Waals surface area contributed by atoms with E-state index in [1.165, 1.54) is 0 Å². The molecule has 0 radical (unpaired) electrons. The van der Waals surface area contributed by atoms with E-state index in [4.69, 9.17) is 4.74 Å². The lowest BCUT2D eigenvalue weighted by molar-refractivity contribution is -0.303. The molecule has 0 aromatic rings. The van der Waals surface area contributed by atoms with E-state index in [0.29, 0.717) is 43.1 Å². The summed E-state index contributed by atoms with van der Waals surface area (Å²) in [5.74, 6) is 0. The van der Waals surface area contributed by atoms with Crippen molar-refractivity contribution in [2.45, 2.75) is 60.9 Å². The fraction of sp³-hybridized carbons (Fsp3) is 1.00. The summed E-state index contributed by atoms with van der Waals surface area (Å²) in [6, 6.07) is 0. The standard InChI is InChI=1S/C11H17IO4/c12-7-16-11-4-8(13)1-9(14,5-11)3-10(15,2-8)6-11/h13-15H,1-7H2. The van der Waals surface area contributed by atoms with Crippen LogP contribution in [0.3, 0.4) is 0 Å². The lowest BCUT2D eigenvalue weighted by Crippen LogP contribution is -2.72. The first-order valence-corrected chi connectivity index (χ1v) is 7.20. The van der Waals surface area contributed by atoms with E-state index in [0.717, 1.165) is 0 Å². The van der Waals surface area contributed by atoms with Crippen LogP contribution >= 0.6 is 22.6 Å². The van der Waals surface area contributed by atoms with Crippen LogP contribution in [-0.4, -0.2) is 42.3 Å². The van der Waals surface area contributed by atoms with E-state index in [2.05, 4.69) is 22.6 Å². The van der Waals surface area contributed by atoms with Gasteiger partial charge in [0.2, 0.25) is 0 Å². The van der Waals surface area contributed by atoms with Gasteiger partial charge >= 0.3 is 0 Å². The van der Waals surface area contributed by atoms with Gasteiger partial charge in [-0.2, -0.15) is 0 Å². The van der Waals surface area contributed by atoms with E-state index in [1.807, 2.05) is 0 Å². The van der Waals surface area contributed by atoms with Gasteiger partial charge in [0.25, 0.3) is 0 Å². The fourth-order valence-corrected chi connectivity index (χ4v) is 5.32. The lowest BCUT2D eigenvalue weighted by Gasteiger charge is -2.65. The average Bonchev–Trinajstić information content (AvgIpc) is 1.91. The predicted octanol–water partition coefficient (Wildman–Crippen LogP) is 0.709. The summed E-state index contributed by atoms with van der Waals surface area (Å²) in [6.45, 7) is 0. The van der Waals surface area contributed by atoms with Crippen LogP contribution in [0.5, 0.6) is 0 Å². The molecule has 4 aliphatic rings. The quantitative estimate of drug-likeness (QED) is 0.512. The van der Waals surface area contributed by atoms with Crippen molar-refractivity contribution in [3.05, 3.63) is 0 Å². The number of ether oxygens (including phenoxy) is 1. The molecule has 0 heterocycles. The van der Waals surface area contributed by atoms with Gasteiger partial charge in [0.1, 0.15) is 0 Å². The zero-order valence-corrected chi connectivity index (χ0v) is 11.2. The normalized spacial score (nSPS) is 59.2. The Morgan fingerprint density at radius 1 is 0.812 bits per heavy atom. The Balaban J connectivity index is 2.00. The monoisotopic (exact) mass is 340 g/mol. The second kappa shape index (κ2) is 3.12. The van der Waals surface area contributed by atoms with Crippen LogP contribution in [-0.2, 0) is 4.74 Å². The summed E-state index contributed by atoms with van der Waals surface area (Å²) >= 11 is 2.12. The molecule has 4 saturated carbocycles. The second-order valence-electron chi connectivity index (χ2n) is 6.17. The summed E-state index contributed by atoms with van der Waals surface area (Å²) in [7, 11) is 0. The van der Waals surface area contributed by atoms with Crippen LogP contribution < -0.4 is 0 Å². The molecule has 16 heavy (non-hydrogen) atoms. The lowest BCUT2D eigenvalue weighted by atomic mass is 9.48. The zero-order chi connectivity index (χ0) is 11.7. The van der Waals surface area contributed by atoms with Crippen LogP contribution in [0.25, 0.3) is 0 Å². The van der Waals surface area contributed by atoms with E-state index < -0.39 is 22.4 Å². The van der Waals surface area contributed by atoms with E-state index in [-0.39, 0.29) is 0 Å². The molecule has 92 valence electrons. The molecule has 3 N–H and O–H groups in total. The molecule has 4 fully saturated rings.